The van der Waals surface area contributed by atoms with Crippen LogP contribution in [0.3, 0.4) is 0 Å². The Morgan fingerprint density at radius 1 is 0.443 bits per heavy atom. The minimum atomic E-state index is -1.77. The van der Waals surface area contributed by atoms with Crippen molar-refractivity contribution in [2.24, 2.45) is 0 Å². The lowest BCUT2D eigenvalue weighted by atomic mass is 9.98. The second-order valence-electron chi connectivity index (χ2n) is 19.8. The number of hydrogen-bond donors (Lipinski definition) is 7. The molecule has 15 nitrogen and oxygen atoms in total. The number of esters is 2. The van der Waals surface area contributed by atoms with Crippen LogP contribution >= 0.6 is 0 Å². The number of carbonyl (C=O) groups is 2. The molecule has 70 heavy (non-hydrogen) atoms. The molecule has 0 amide bonds. The van der Waals surface area contributed by atoms with E-state index in [-0.39, 0.29) is 19.4 Å². The van der Waals surface area contributed by atoms with E-state index in [9.17, 15) is 45.3 Å². The molecule has 2 heterocycles. The van der Waals surface area contributed by atoms with E-state index in [2.05, 4.69) is 32.1 Å². The van der Waals surface area contributed by atoms with Crippen molar-refractivity contribution in [2.45, 2.75) is 287 Å². The van der Waals surface area contributed by atoms with Gasteiger partial charge in [0.05, 0.1) is 19.8 Å². The number of rotatable bonds is 44. The molecule has 0 saturated carbocycles. The summed E-state index contributed by atoms with van der Waals surface area (Å²) < 4.78 is 33.6. The number of carbonyl (C=O) groups excluding carboxylic acids is 2. The topological polar surface area (TPSA) is 231 Å². The number of unbranched alkanes of at least 4 members (excludes halogenated alkanes) is 26. The van der Waals surface area contributed by atoms with Gasteiger partial charge in [0.15, 0.2) is 18.7 Å². The Balaban J connectivity index is 1.78. The summed E-state index contributed by atoms with van der Waals surface area (Å²) in [5, 5.41) is 72.2. The minimum Gasteiger partial charge on any atom is -0.462 e. The molecule has 11 atom stereocenters. The standard InChI is InChI=1S/C55H100O15/c1-3-5-7-9-11-13-15-17-19-20-21-22-24-26-28-30-32-34-36-38-47(58)68-43(40-65-46(57)37-35-33-31-29-27-25-23-18-16-14-12-10-8-6-4-2)41-66-54-53(64)51(62)49(60)45(70-54)42-67-55-52(63)50(61)48(59)44(39-56)69-55/h17,19,31,33,43-45,48-56,59-64H,3-16,18,20-30,32,34-42H2,1-2H3/b19-17+,33-31+/t43-,44+,45+,48-,49-,50?,51?,52?,53?,54+,55+/m1/s1. The molecule has 0 aliphatic carbocycles. The first-order valence-electron chi connectivity index (χ1n) is 27.9. The van der Waals surface area contributed by atoms with Gasteiger partial charge in [0.2, 0.25) is 0 Å². The molecule has 0 spiro atoms. The third kappa shape index (κ3) is 29.6. The fourth-order valence-electron chi connectivity index (χ4n) is 8.82. The Bertz CT molecular complexity index is 1310. The summed E-state index contributed by atoms with van der Waals surface area (Å²) in [5.74, 6) is -0.976. The number of allylic oxidation sites excluding steroid dienone is 4. The highest BCUT2D eigenvalue weighted by Gasteiger charge is 2.47. The molecule has 2 fully saturated rings. The van der Waals surface area contributed by atoms with Crippen molar-refractivity contribution in [3.05, 3.63) is 24.3 Å². The second kappa shape index (κ2) is 42.3. The van der Waals surface area contributed by atoms with Crippen LogP contribution in [-0.2, 0) is 38.0 Å². The Morgan fingerprint density at radius 3 is 1.31 bits per heavy atom. The molecule has 2 aliphatic heterocycles. The van der Waals surface area contributed by atoms with Crippen molar-refractivity contribution < 1.29 is 73.8 Å². The fraction of sp³-hybridized carbons (Fsp3) is 0.891. The third-order valence-corrected chi connectivity index (χ3v) is 13.4. The van der Waals surface area contributed by atoms with E-state index in [0.717, 1.165) is 38.5 Å². The van der Waals surface area contributed by atoms with Gasteiger partial charge in [0.1, 0.15) is 55.4 Å². The summed E-state index contributed by atoms with van der Waals surface area (Å²) in [4.78, 5) is 25.8. The van der Waals surface area contributed by atoms with Crippen LogP contribution in [0.2, 0.25) is 0 Å². The molecule has 0 bridgehead atoms. The number of hydrogen-bond acceptors (Lipinski definition) is 15. The van der Waals surface area contributed by atoms with Crippen LogP contribution < -0.4 is 0 Å². The Labute approximate surface area is 422 Å². The number of ether oxygens (including phenoxy) is 6. The fourth-order valence-corrected chi connectivity index (χ4v) is 8.82. The van der Waals surface area contributed by atoms with E-state index in [0.29, 0.717) is 12.8 Å². The predicted molar refractivity (Wildman–Crippen MR) is 271 cm³/mol. The first-order chi connectivity index (χ1) is 34.0. The maximum Gasteiger partial charge on any atom is 0.306 e. The highest BCUT2D eigenvalue weighted by atomic mass is 16.7. The average Bonchev–Trinajstić information content (AvgIpc) is 3.35. The van der Waals surface area contributed by atoms with Crippen LogP contribution in [0.1, 0.15) is 219 Å². The number of aliphatic hydroxyl groups is 7. The van der Waals surface area contributed by atoms with Crippen LogP contribution in [0.5, 0.6) is 0 Å². The van der Waals surface area contributed by atoms with Gasteiger partial charge in [-0.05, 0) is 51.4 Å². The van der Waals surface area contributed by atoms with E-state index < -0.39 is 99.3 Å². The Kier molecular flexibility index (Phi) is 38.8. The lowest BCUT2D eigenvalue weighted by molar-refractivity contribution is -0.332. The highest BCUT2D eigenvalue weighted by molar-refractivity contribution is 5.70. The van der Waals surface area contributed by atoms with Crippen molar-refractivity contribution in [1.29, 1.82) is 0 Å². The maximum atomic E-state index is 13.0. The molecule has 410 valence electrons. The Morgan fingerprint density at radius 2 is 0.843 bits per heavy atom. The first kappa shape index (κ1) is 64.1. The van der Waals surface area contributed by atoms with Gasteiger partial charge in [0.25, 0.3) is 0 Å². The summed E-state index contributed by atoms with van der Waals surface area (Å²) in [6.07, 6.45) is 27.8. The van der Waals surface area contributed by atoms with Crippen LogP contribution in [0, 0.1) is 0 Å². The summed E-state index contributed by atoms with van der Waals surface area (Å²) in [6, 6.07) is 0. The molecule has 0 aromatic carbocycles. The van der Waals surface area contributed by atoms with Crippen molar-refractivity contribution in [1.82, 2.24) is 0 Å². The normalized spacial score (nSPS) is 25.5. The Hall–Kier alpha value is -2.02. The molecule has 2 aliphatic rings. The average molecular weight is 1000 g/mol. The summed E-state index contributed by atoms with van der Waals surface area (Å²) in [6.45, 7) is 2.57. The molecular formula is C55H100O15. The van der Waals surface area contributed by atoms with Crippen LogP contribution in [0.15, 0.2) is 24.3 Å². The third-order valence-electron chi connectivity index (χ3n) is 13.4. The molecule has 0 aromatic rings. The van der Waals surface area contributed by atoms with Crippen molar-refractivity contribution in [2.75, 3.05) is 26.4 Å². The molecule has 7 N–H and O–H groups in total. The monoisotopic (exact) mass is 1000 g/mol. The van der Waals surface area contributed by atoms with Crippen molar-refractivity contribution >= 4 is 11.9 Å². The predicted octanol–water partition coefficient (Wildman–Crippen LogP) is 8.72. The number of aliphatic hydroxyl groups excluding tert-OH is 7. The first-order valence-corrected chi connectivity index (χ1v) is 27.9. The molecule has 2 saturated heterocycles. The summed E-state index contributed by atoms with van der Waals surface area (Å²) >= 11 is 0. The van der Waals surface area contributed by atoms with Crippen molar-refractivity contribution in [3.8, 4) is 0 Å². The van der Waals surface area contributed by atoms with E-state index in [1.807, 2.05) is 6.08 Å². The highest BCUT2D eigenvalue weighted by Crippen LogP contribution is 2.27. The van der Waals surface area contributed by atoms with Gasteiger partial charge in [0, 0.05) is 12.8 Å². The zero-order valence-corrected chi connectivity index (χ0v) is 43.5. The van der Waals surface area contributed by atoms with Gasteiger partial charge in [-0.15, -0.1) is 0 Å². The zero-order chi connectivity index (χ0) is 51.0. The van der Waals surface area contributed by atoms with Gasteiger partial charge in [-0.1, -0.05) is 179 Å². The van der Waals surface area contributed by atoms with Gasteiger partial charge < -0.3 is 64.2 Å². The summed E-state index contributed by atoms with van der Waals surface area (Å²) in [7, 11) is 0. The maximum absolute atomic E-state index is 13.0. The van der Waals surface area contributed by atoms with Crippen LogP contribution in [0.4, 0.5) is 0 Å². The van der Waals surface area contributed by atoms with Crippen LogP contribution in [-0.4, -0.2) is 142 Å². The van der Waals surface area contributed by atoms with E-state index in [1.165, 1.54) is 141 Å². The van der Waals surface area contributed by atoms with Gasteiger partial charge in [-0.2, -0.15) is 0 Å². The quantitative estimate of drug-likeness (QED) is 0.0172. The lowest BCUT2D eigenvalue weighted by Gasteiger charge is -2.42. The van der Waals surface area contributed by atoms with Crippen LogP contribution in [0.25, 0.3) is 0 Å². The van der Waals surface area contributed by atoms with Gasteiger partial charge >= 0.3 is 11.9 Å². The largest absolute Gasteiger partial charge is 0.462 e. The van der Waals surface area contributed by atoms with E-state index >= 15 is 0 Å². The van der Waals surface area contributed by atoms with Gasteiger partial charge in [-0.25, -0.2) is 0 Å². The molecule has 0 radical (unpaired) electrons. The second-order valence-corrected chi connectivity index (χ2v) is 19.8. The molecule has 2 rings (SSSR count). The summed E-state index contributed by atoms with van der Waals surface area (Å²) in [5.41, 5.74) is 0. The van der Waals surface area contributed by atoms with E-state index in [1.54, 1.807) is 0 Å². The van der Waals surface area contributed by atoms with E-state index in [4.69, 9.17) is 28.4 Å². The van der Waals surface area contributed by atoms with Crippen molar-refractivity contribution in [3.63, 3.8) is 0 Å². The SMILES string of the molecule is CCCCCCCC/C=C/CCCCCCCCCCCC(=O)O[C@H](COC(=O)CC/C=C/CCCCCCCCCCCCC)CO[C@H]1O[C@@H](CO[C@H]2O[C@@H](CO)[C@@H](O)C(O)C2O)[C@@H](O)C(O)C1O. The minimum absolute atomic E-state index is 0.137. The van der Waals surface area contributed by atoms with Gasteiger partial charge in [-0.3, -0.25) is 9.59 Å². The molecule has 15 heteroatoms. The molecular weight excluding hydrogens is 901 g/mol. The molecule has 0 aromatic heterocycles. The molecule has 4 unspecified atom stereocenters. The smallest absolute Gasteiger partial charge is 0.306 e. The lowest BCUT2D eigenvalue weighted by Crippen LogP contribution is -2.61. The zero-order valence-electron chi connectivity index (χ0n) is 43.5.